The average molecular weight is 665 g/mol. The normalized spacial score (nSPS) is 18.0. The Bertz CT molecular complexity index is 1600. The van der Waals surface area contributed by atoms with Crippen molar-refractivity contribution in [2.75, 3.05) is 6.26 Å². The van der Waals surface area contributed by atoms with Gasteiger partial charge in [0.05, 0.1) is 35.0 Å². The molecule has 47 heavy (non-hydrogen) atoms. The Hall–Kier alpha value is -4.29. The number of epoxide rings is 1. The van der Waals surface area contributed by atoms with E-state index in [1.54, 1.807) is 24.4 Å². The topological polar surface area (TPSA) is 156 Å². The number of aromatic nitrogens is 1. The zero-order valence-corrected chi connectivity index (χ0v) is 28.2. The second-order valence-electron chi connectivity index (χ2n) is 12.7. The number of carbonyl (C=O) groups is 3. The van der Waals surface area contributed by atoms with Gasteiger partial charge < -0.3 is 25.4 Å². The number of benzene rings is 2. The van der Waals surface area contributed by atoms with Gasteiger partial charge in [0.1, 0.15) is 18.8 Å². The summed E-state index contributed by atoms with van der Waals surface area (Å²) in [6.07, 6.45) is 1.04. The summed E-state index contributed by atoms with van der Waals surface area (Å²) in [6, 6.07) is 22.0. The van der Waals surface area contributed by atoms with E-state index < -0.39 is 50.9 Å². The van der Waals surface area contributed by atoms with E-state index in [1.807, 2.05) is 74.5 Å². The molecule has 12 heteroatoms. The first-order valence-corrected chi connectivity index (χ1v) is 17.5. The first-order valence-electron chi connectivity index (χ1n) is 15.6. The van der Waals surface area contributed by atoms with Crippen molar-refractivity contribution >= 4 is 27.7 Å². The molecule has 3 amide bonds. The molecule has 5 atom stereocenters. The summed E-state index contributed by atoms with van der Waals surface area (Å²) in [5.74, 6) is -0.752. The number of hydrogen-bond acceptors (Lipinski definition) is 8. The minimum atomic E-state index is -3.85. The maximum absolute atomic E-state index is 13.9. The van der Waals surface area contributed by atoms with Crippen LogP contribution in [0, 0.1) is 5.92 Å². The third kappa shape index (κ3) is 9.85. The molecule has 11 nitrogen and oxygen atoms in total. The van der Waals surface area contributed by atoms with E-state index in [2.05, 4.69) is 20.9 Å². The van der Waals surface area contributed by atoms with Crippen LogP contribution in [0.15, 0.2) is 85.1 Å². The second-order valence-corrected chi connectivity index (χ2v) is 15.3. The number of carbonyl (C=O) groups excluding carboxylic acids is 3. The first kappa shape index (κ1) is 35.6. The molecule has 3 N–H and O–H groups in total. The number of ether oxygens (including phenoxy) is 2. The Morgan fingerprint density at radius 1 is 0.915 bits per heavy atom. The van der Waals surface area contributed by atoms with Crippen LogP contribution in [0.4, 0.5) is 4.79 Å². The summed E-state index contributed by atoms with van der Waals surface area (Å²) in [5, 5.41) is 8.51. The Morgan fingerprint density at radius 3 is 2.15 bits per heavy atom. The van der Waals surface area contributed by atoms with Gasteiger partial charge in [0.25, 0.3) is 0 Å². The number of amides is 3. The largest absolute Gasteiger partial charge is 0.443 e. The summed E-state index contributed by atoms with van der Waals surface area (Å²) in [7, 11) is -3.85. The molecule has 1 aromatic heterocycles. The second kappa shape index (κ2) is 15.5. The highest BCUT2D eigenvalue weighted by Crippen LogP contribution is 2.32. The summed E-state index contributed by atoms with van der Waals surface area (Å²) in [6.45, 7) is 6.65. The third-order valence-corrected chi connectivity index (χ3v) is 10.6. The van der Waals surface area contributed by atoms with E-state index in [-0.39, 0.29) is 30.9 Å². The summed E-state index contributed by atoms with van der Waals surface area (Å²) < 4.78 is 35.2. The van der Waals surface area contributed by atoms with Gasteiger partial charge in [-0.25, -0.2) is 13.2 Å². The van der Waals surface area contributed by atoms with Crippen LogP contribution in [0.2, 0.25) is 0 Å². The van der Waals surface area contributed by atoms with Gasteiger partial charge >= 0.3 is 6.09 Å². The molecule has 1 aliphatic heterocycles. The van der Waals surface area contributed by atoms with Crippen molar-refractivity contribution in [2.45, 2.75) is 82.2 Å². The van der Waals surface area contributed by atoms with Gasteiger partial charge in [0.15, 0.2) is 9.84 Å². The highest BCUT2D eigenvalue weighted by atomic mass is 32.2. The summed E-state index contributed by atoms with van der Waals surface area (Å²) >= 11 is 0. The van der Waals surface area contributed by atoms with Crippen LogP contribution >= 0.6 is 0 Å². The van der Waals surface area contributed by atoms with Crippen molar-refractivity contribution < 1.29 is 32.3 Å². The lowest BCUT2D eigenvalue weighted by Gasteiger charge is -2.33. The van der Waals surface area contributed by atoms with E-state index in [9.17, 15) is 22.8 Å². The molecule has 0 aliphatic carbocycles. The molecule has 0 radical (unpaired) electrons. The standard InChI is InChI=1S/C35H44N4O7S/c1-23(2)30(25-16-10-7-11-17-25)38-29(40)21-28-31(46-28)27(20-24-14-8-6-9-15-24)37-33(41)32(35(3,4)47(5,43)44)39-34(42)45-22-26-18-12-13-19-36-26/h6-19,23,27-28,30-32H,20-22H2,1-5H3,(H,37,41)(H,38,40)(H,39,42)/t27-,28-,30+,31+,32+/m0/s1. The summed E-state index contributed by atoms with van der Waals surface area (Å²) in [5.41, 5.74) is 2.39. The minimum Gasteiger partial charge on any atom is -0.443 e. The van der Waals surface area contributed by atoms with Gasteiger partial charge in [-0.1, -0.05) is 80.6 Å². The van der Waals surface area contributed by atoms with Crippen molar-refractivity contribution in [1.82, 2.24) is 20.9 Å². The molecular formula is C35H44N4O7S. The molecule has 1 aliphatic rings. The quantitative estimate of drug-likeness (QED) is 0.207. The van der Waals surface area contributed by atoms with Gasteiger partial charge in [-0.05, 0) is 49.4 Å². The fourth-order valence-electron chi connectivity index (χ4n) is 5.32. The zero-order valence-electron chi connectivity index (χ0n) is 27.4. The van der Waals surface area contributed by atoms with Crippen LogP contribution in [0.25, 0.3) is 0 Å². The fraction of sp³-hybridized carbons (Fsp3) is 0.429. The van der Waals surface area contributed by atoms with Gasteiger partial charge in [-0.3, -0.25) is 14.6 Å². The Kier molecular flexibility index (Phi) is 11.8. The maximum atomic E-state index is 13.9. The molecular weight excluding hydrogens is 620 g/mol. The van der Waals surface area contributed by atoms with Crippen molar-refractivity contribution in [3.05, 3.63) is 102 Å². The third-order valence-electron chi connectivity index (χ3n) is 8.43. The number of alkyl carbamates (subject to hydrolysis) is 1. The Morgan fingerprint density at radius 2 is 1.55 bits per heavy atom. The van der Waals surface area contributed by atoms with Gasteiger partial charge in [-0.2, -0.15) is 0 Å². The summed E-state index contributed by atoms with van der Waals surface area (Å²) in [4.78, 5) is 44.0. The van der Waals surface area contributed by atoms with Gasteiger partial charge in [0, 0.05) is 12.5 Å². The number of sulfone groups is 1. The van der Waals surface area contributed by atoms with Crippen LogP contribution in [0.3, 0.4) is 0 Å². The number of pyridine rings is 1. The molecule has 0 spiro atoms. The lowest BCUT2D eigenvalue weighted by molar-refractivity contribution is -0.124. The molecule has 1 saturated heterocycles. The smallest absolute Gasteiger partial charge is 0.408 e. The van der Waals surface area contributed by atoms with E-state index >= 15 is 0 Å². The monoisotopic (exact) mass is 664 g/mol. The predicted molar refractivity (Wildman–Crippen MR) is 178 cm³/mol. The van der Waals surface area contributed by atoms with Crippen LogP contribution in [0.5, 0.6) is 0 Å². The highest BCUT2D eigenvalue weighted by Gasteiger charge is 2.49. The average Bonchev–Trinajstić information content (AvgIpc) is 3.80. The van der Waals surface area contributed by atoms with Crippen LogP contribution in [-0.4, -0.2) is 66.6 Å². The van der Waals surface area contributed by atoms with E-state index in [1.165, 1.54) is 13.8 Å². The fourth-order valence-corrected chi connectivity index (χ4v) is 5.91. The molecule has 2 heterocycles. The number of hydrogen-bond donors (Lipinski definition) is 3. The molecule has 4 rings (SSSR count). The Balaban J connectivity index is 1.48. The lowest BCUT2D eigenvalue weighted by atomic mass is 9.95. The highest BCUT2D eigenvalue weighted by molar-refractivity contribution is 7.92. The Labute approximate surface area is 276 Å². The predicted octanol–water partition coefficient (Wildman–Crippen LogP) is 3.90. The van der Waals surface area contributed by atoms with Gasteiger partial charge in [-0.15, -0.1) is 0 Å². The first-order chi connectivity index (χ1) is 22.3. The molecule has 0 bridgehead atoms. The molecule has 1 fully saturated rings. The maximum Gasteiger partial charge on any atom is 0.408 e. The van der Waals surface area contributed by atoms with Crippen LogP contribution in [0.1, 0.15) is 57.0 Å². The van der Waals surface area contributed by atoms with Crippen molar-refractivity contribution in [2.24, 2.45) is 5.92 Å². The van der Waals surface area contributed by atoms with Crippen molar-refractivity contribution in [1.29, 1.82) is 0 Å². The van der Waals surface area contributed by atoms with Crippen molar-refractivity contribution in [3.8, 4) is 0 Å². The number of nitrogens with zero attached hydrogens (tertiary/aromatic N) is 1. The van der Waals surface area contributed by atoms with Crippen molar-refractivity contribution in [3.63, 3.8) is 0 Å². The lowest BCUT2D eigenvalue weighted by Crippen LogP contribution is -2.62. The number of nitrogens with one attached hydrogen (secondary N) is 3. The molecule has 3 aromatic rings. The SMILES string of the molecule is CC(C)[C@@H](NC(=O)C[C@@H]1O[C@@H]1[C@H](Cc1ccccc1)NC(=O)[C@@H](NC(=O)OCc1ccccn1)C(C)(C)S(C)(=O)=O)c1ccccc1. The van der Waals surface area contributed by atoms with Crippen LogP contribution in [-0.2, 0) is 41.9 Å². The molecule has 0 unspecified atom stereocenters. The molecule has 0 saturated carbocycles. The number of rotatable bonds is 15. The van der Waals surface area contributed by atoms with Crippen LogP contribution < -0.4 is 16.0 Å². The van der Waals surface area contributed by atoms with E-state index in [4.69, 9.17) is 9.47 Å². The minimum absolute atomic E-state index is 0.0816. The van der Waals surface area contributed by atoms with Gasteiger partial charge in [0.2, 0.25) is 11.8 Å². The van der Waals surface area contributed by atoms with E-state index in [0.717, 1.165) is 17.4 Å². The zero-order chi connectivity index (χ0) is 34.2. The van der Waals surface area contributed by atoms with E-state index in [0.29, 0.717) is 12.1 Å². The molecule has 252 valence electrons. The molecule has 2 aromatic carbocycles.